The molecule has 3 saturated carbocycles. The molecule has 22 heavy (non-hydrogen) atoms. The van der Waals surface area contributed by atoms with E-state index in [4.69, 9.17) is 0 Å². The highest BCUT2D eigenvalue weighted by Gasteiger charge is 2.61. The second-order valence-electron chi connectivity index (χ2n) is 8.63. The Morgan fingerprint density at radius 2 is 1.86 bits per heavy atom. The van der Waals surface area contributed by atoms with Crippen LogP contribution in [-0.4, -0.2) is 27.5 Å². The van der Waals surface area contributed by atoms with Gasteiger partial charge in [-0.3, -0.25) is 0 Å². The second kappa shape index (κ2) is 4.61. The molecule has 0 aliphatic heterocycles. The molecule has 3 fully saturated rings. The van der Waals surface area contributed by atoms with Crippen LogP contribution in [-0.2, 0) is 0 Å². The van der Waals surface area contributed by atoms with Gasteiger partial charge in [-0.2, -0.15) is 0 Å². The fourth-order valence-electron chi connectivity index (χ4n) is 6.40. The van der Waals surface area contributed by atoms with Crippen LogP contribution in [0.4, 0.5) is 0 Å². The van der Waals surface area contributed by atoms with Gasteiger partial charge in [-0.05, 0) is 78.8 Å². The highest BCUT2D eigenvalue weighted by Crippen LogP contribution is 2.64. The molecule has 0 heterocycles. The van der Waals surface area contributed by atoms with E-state index in [1.54, 1.807) is 0 Å². The molecule has 3 nitrogen and oxygen atoms in total. The third-order valence-electron chi connectivity index (χ3n) is 7.81. The zero-order valence-electron chi connectivity index (χ0n) is 13.6. The lowest BCUT2D eigenvalue weighted by molar-refractivity contribution is -0.137. The van der Waals surface area contributed by atoms with Crippen LogP contribution in [0.3, 0.4) is 0 Å². The lowest BCUT2D eigenvalue weighted by Crippen LogP contribution is -2.57. The lowest BCUT2D eigenvalue weighted by atomic mass is 9.46. The summed E-state index contributed by atoms with van der Waals surface area (Å²) in [7, 11) is 0. The van der Waals surface area contributed by atoms with Gasteiger partial charge in [0.25, 0.3) is 0 Å². The van der Waals surface area contributed by atoms with Gasteiger partial charge in [-0.15, -0.1) is 0 Å². The minimum Gasteiger partial charge on any atom is -0.508 e. The fraction of sp³-hybridized carbons (Fsp3) is 0.789. The molecule has 0 aromatic rings. The molecule has 122 valence electrons. The predicted octanol–water partition coefficient (Wildman–Crippen LogP) is 3.19. The topological polar surface area (TPSA) is 60.7 Å². The Balaban J connectivity index is 1.72. The molecule has 0 aromatic carbocycles. The van der Waals surface area contributed by atoms with Crippen molar-refractivity contribution in [3.63, 3.8) is 0 Å². The summed E-state index contributed by atoms with van der Waals surface area (Å²) >= 11 is 0. The summed E-state index contributed by atoms with van der Waals surface area (Å²) in [5.74, 6) is 1.73. The van der Waals surface area contributed by atoms with Crippen LogP contribution in [0.15, 0.2) is 24.0 Å². The normalized spacial score (nSPS) is 56.8. The monoisotopic (exact) mass is 304 g/mol. The molecule has 4 aliphatic carbocycles. The first-order valence-electron chi connectivity index (χ1n) is 8.82. The number of hydrogen-bond donors (Lipinski definition) is 3. The summed E-state index contributed by atoms with van der Waals surface area (Å²) in [6.45, 7) is 4.53. The van der Waals surface area contributed by atoms with E-state index in [0.717, 1.165) is 32.1 Å². The van der Waals surface area contributed by atoms with E-state index in [-0.39, 0.29) is 34.9 Å². The van der Waals surface area contributed by atoms with E-state index >= 15 is 0 Å². The maximum absolute atomic E-state index is 10.9. The molecule has 0 radical (unpaired) electrons. The van der Waals surface area contributed by atoms with Gasteiger partial charge in [0.2, 0.25) is 0 Å². The van der Waals surface area contributed by atoms with Crippen LogP contribution in [0.5, 0.6) is 0 Å². The zero-order valence-corrected chi connectivity index (χ0v) is 13.6. The van der Waals surface area contributed by atoms with E-state index in [2.05, 4.69) is 19.9 Å². The Labute approximate surface area is 132 Å². The Morgan fingerprint density at radius 3 is 2.64 bits per heavy atom. The minimum absolute atomic E-state index is 0.0122. The van der Waals surface area contributed by atoms with Gasteiger partial charge in [0.05, 0.1) is 12.2 Å². The van der Waals surface area contributed by atoms with Crippen molar-refractivity contribution in [1.82, 2.24) is 0 Å². The lowest BCUT2D eigenvalue weighted by Gasteiger charge is -2.59. The Hall–Kier alpha value is -0.800. The first-order chi connectivity index (χ1) is 10.4. The van der Waals surface area contributed by atoms with Crippen LogP contribution in [0.1, 0.15) is 46.0 Å². The number of aliphatic hydroxyl groups is 3. The highest BCUT2D eigenvalue weighted by atomic mass is 16.3. The predicted molar refractivity (Wildman–Crippen MR) is 85.1 cm³/mol. The molecule has 4 rings (SSSR count). The van der Waals surface area contributed by atoms with Gasteiger partial charge < -0.3 is 15.3 Å². The van der Waals surface area contributed by atoms with Gasteiger partial charge in [0, 0.05) is 0 Å². The van der Waals surface area contributed by atoms with Crippen LogP contribution in [0.25, 0.3) is 0 Å². The number of fused-ring (bicyclic) bond motifs is 5. The summed E-state index contributed by atoms with van der Waals surface area (Å²) in [5.41, 5.74) is 0.0205. The Kier molecular flexibility index (Phi) is 3.09. The Morgan fingerprint density at radius 1 is 1.09 bits per heavy atom. The maximum atomic E-state index is 10.9. The average molecular weight is 304 g/mol. The molecule has 0 bridgehead atoms. The molecule has 3 heteroatoms. The fourth-order valence-corrected chi connectivity index (χ4v) is 6.40. The van der Waals surface area contributed by atoms with Crippen LogP contribution >= 0.6 is 0 Å². The first-order valence-corrected chi connectivity index (χ1v) is 8.82. The molecule has 3 N–H and O–H groups in total. The largest absolute Gasteiger partial charge is 0.508 e. The van der Waals surface area contributed by atoms with Crippen LogP contribution in [0.2, 0.25) is 0 Å². The van der Waals surface area contributed by atoms with Gasteiger partial charge in [0.1, 0.15) is 5.76 Å². The number of rotatable bonds is 0. The molecule has 8 atom stereocenters. The molecular weight excluding hydrogens is 276 g/mol. The zero-order chi connectivity index (χ0) is 15.7. The van der Waals surface area contributed by atoms with Crippen molar-refractivity contribution in [2.45, 2.75) is 58.2 Å². The second-order valence-corrected chi connectivity index (χ2v) is 8.63. The van der Waals surface area contributed by atoms with Crippen molar-refractivity contribution in [2.75, 3.05) is 0 Å². The molecule has 0 amide bonds. The van der Waals surface area contributed by atoms with Crippen molar-refractivity contribution in [3.05, 3.63) is 24.0 Å². The Bertz CT molecular complexity index is 539. The maximum Gasteiger partial charge on any atom is 0.111 e. The van der Waals surface area contributed by atoms with Crippen LogP contribution < -0.4 is 0 Å². The molecule has 4 aliphatic rings. The number of aliphatic hydroxyl groups excluding tert-OH is 3. The summed E-state index contributed by atoms with van der Waals surface area (Å²) < 4.78 is 0. The van der Waals surface area contributed by atoms with E-state index in [1.807, 2.05) is 12.2 Å². The molecule has 0 spiro atoms. The van der Waals surface area contributed by atoms with Gasteiger partial charge >= 0.3 is 0 Å². The first kappa shape index (κ1) is 14.8. The van der Waals surface area contributed by atoms with Gasteiger partial charge in [0.15, 0.2) is 0 Å². The molecule has 0 aromatic heterocycles. The molecule has 0 saturated heterocycles. The van der Waals surface area contributed by atoms with Crippen molar-refractivity contribution >= 4 is 0 Å². The van der Waals surface area contributed by atoms with Crippen LogP contribution in [0, 0.1) is 34.5 Å². The third-order valence-corrected chi connectivity index (χ3v) is 7.81. The molecular formula is C19H28O3. The van der Waals surface area contributed by atoms with Gasteiger partial charge in [-0.25, -0.2) is 0 Å². The third kappa shape index (κ3) is 1.75. The minimum atomic E-state index is -0.312. The molecule has 0 unspecified atom stereocenters. The van der Waals surface area contributed by atoms with E-state index in [9.17, 15) is 15.3 Å². The van der Waals surface area contributed by atoms with Crippen molar-refractivity contribution in [1.29, 1.82) is 0 Å². The summed E-state index contributed by atoms with van der Waals surface area (Å²) in [6, 6.07) is 0. The SMILES string of the molecule is C[C@]12C=CC(O)=C[C@H]1C[C@H](O)[C@@H]1[C@@H]2CC[C@]2(C)[C@@H](O)CC[C@@H]12. The smallest absolute Gasteiger partial charge is 0.111 e. The number of hydrogen-bond acceptors (Lipinski definition) is 3. The number of allylic oxidation sites excluding steroid dienone is 3. The highest BCUT2D eigenvalue weighted by molar-refractivity contribution is 5.27. The standard InChI is InChI=1S/C19H28O3/c1-18-7-5-12(20)9-11(18)10-15(21)17-13-3-4-16(22)19(13,2)8-6-14(17)18/h5,7,9,11,13-17,20-22H,3-4,6,8,10H2,1-2H3/t11-,13-,14-,15-,16-,17-,18-,19-/m0/s1. The summed E-state index contributed by atoms with van der Waals surface area (Å²) in [5, 5.41) is 31.2. The van der Waals surface area contributed by atoms with Crippen molar-refractivity contribution in [2.24, 2.45) is 34.5 Å². The average Bonchev–Trinajstić information content (AvgIpc) is 2.77. The summed E-state index contributed by atoms with van der Waals surface area (Å²) in [6.07, 6.45) is 10.2. The van der Waals surface area contributed by atoms with E-state index in [1.165, 1.54) is 0 Å². The van der Waals surface area contributed by atoms with Crippen molar-refractivity contribution in [3.8, 4) is 0 Å². The quantitative estimate of drug-likeness (QED) is 0.644. The van der Waals surface area contributed by atoms with E-state index < -0.39 is 0 Å². The van der Waals surface area contributed by atoms with E-state index in [0.29, 0.717) is 17.6 Å². The van der Waals surface area contributed by atoms with Crippen molar-refractivity contribution < 1.29 is 15.3 Å². The van der Waals surface area contributed by atoms with Gasteiger partial charge in [-0.1, -0.05) is 19.9 Å². The summed E-state index contributed by atoms with van der Waals surface area (Å²) in [4.78, 5) is 0.